The molecule has 0 spiro atoms. The van der Waals surface area contributed by atoms with Crippen LogP contribution in [-0.2, 0) is 0 Å². The zero-order valence-corrected chi connectivity index (χ0v) is 13.8. The van der Waals surface area contributed by atoms with Crippen LogP contribution in [0, 0.1) is 5.41 Å². The molecule has 0 amide bonds. The fourth-order valence-corrected chi connectivity index (χ4v) is 2.93. The van der Waals surface area contributed by atoms with E-state index in [1.54, 1.807) is 0 Å². The van der Waals surface area contributed by atoms with E-state index in [0.29, 0.717) is 11.3 Å². The third-order valence-electron chi connectivity index (χ3n) is 4.18. The second-order valence-corrected chi connectivity index (χ2v) is 7.20. The Kier molecular flexibility index (Phi) is 3.89. The number of hydrogen-bond donors (Lipinski definition) is 0. The van der Waals surface area contributed by atoms with E-state index in [1.807, 2.05) is 12.3 Å². The summed E-state index contributed by atoms with van der Waals surface area (Å²) in [6, 6.07) is 3.98. The molecule has 2 aromatic rings. The van der Waals surface area contributed by atoms with Gasteiger partial charge in [0.2, 0.25) is 0 Å². The SMILES string of the molecule is CC(C)c1noc(-c2ccnc(N3CCCC(C)(C)C3)c2)n1. The number of nitrogens with zero attached hydrogens (tertiary/aromatic N) is 4. The van der Waals surface area contributed by atoms with E-state index in [4.69, 9.17) is 4.52 Å². The predicted molar refractivity (Wildman–Crippen MR) is 86.8 cm³/mol. The Morgan fingerprint density at radius 3 is 2.82 bits per heavy atom. The van der Waals surface area contributed by atoms with Crippen molar-refractivity contribution >= 4 is 5.82 Å². The zero-order chi connectivity index (χ0) is 15.7. The van der Waals surface area contributed by atoms with Crippen molar-refractivity contribution in [3.63, 3.8) is 0 Å². The number of aromatic nitrogens is 3. The fraction of sp³-hybridized carbons (Fsp3) is 0.588. The lowest BCUT2D eigenvalue weighted by molar-refractivity contribution is 0.292. The van der Waals surface area contributed by atoms with E-state index in [2.05, 4.69) is 53.8 Å². The third kappa shape index (κ3) is 3.13. The van der Waals surface area contributed by atoms with E-state index in [0.717, 1.165) is 30.3 Å². The maximum absolute atomic E-state index is 5.39. The Hall–Kier alpha value is -1.91. The summed E-state index contributed by atoms with van der Waals surface area (Å²) in [6.45, 7) is 10.8. The molecule has 1 saturated heterocycles. The minimum absolute atomic E-state index is 0.265. The lowest BCUT2D eigenvalue weighted by Crippen LogP contribution is -2.40. The number of rotatable bonds is 3. The Bertz CT molecular complexity index is 648. The van der Waals surface area contributed by atoms with Crippen molar-refractivity contribution in [2.75, 3.05) is 18.0 Å². The van der Waals surface area contributed by atoms with Crippen LogP contribution in [0.1, 0.15) is 52.3 Å². The van der Waals surface area contributed by atoms with Crippen LogP contribution >= 0.6 is 0 Å². The summed E-state index contributed by atoms with van der Waals surface area (Å²) in [7, 11) is 0. The summed E-state index contributed by atoms with van der Waals surface area (Å²) in [5.41, 5.74) is 1.28. The molecule has 3 rings (SSSR count). The molecule has 1 fully saturated rings. The number of anilines is 1. The molecule has 5 heteroatoms. The summed E-state index contributed by atoms with van der Waals surface area (Å²) < 4.78 is 5.39. The molecule has 118 valence electrons. The van der Waals surface area contributed by atoms with Crippen molar-refractivity contribution in [1.82, 2.24) is 15.1 Å². The molecule has 0 bridgehead atoms. The predicted octanol–water partition coefficient (Wildman–Crippen LogP) is 3.88. The molecule has 0 aromatic carbocycles. The molecule has 1 aliphatic rings. The van der Waals surface area contributed by atoms with Gasteiger partial charge in [-0.25, -0.2) is 4.98 Å². The van der Waals surface area contributed by atoms with Gasteiger partial charge in [0, 0.05) is 30.8 Å². The Balaban J connectivity index is 1.86. The van der Waals surface area contributed by atoms with Crippen LogP contribution < -0.4 is 4.90 Å². The van der Waals surface area contributed by atoms with Gasteiger partial charge < -0.3 is 9.42 Å². The van der Waals surface area contributed by atoms with Crippen molar-refractivity contribution in [3.8, 4) is 11.5 Å². The average molecular weight is 300 g/mol. The van der Waals surface area contributed by atoms with Gasteiger partial charge in [-0.15, -0.1) is 0 Å². The van der Waals surface area contributed by atoms with Gasteiger partial charge in [0.05, 0.1) is 0 Å². The highest BCUT2D eigenvalue weighted by molar-refractivity contribution is 5.58. The number of hydrogen-bond acceptors (Lipinski definition) is 5. The summed E-state index contributed by atoms with van der Waals surface area (Å²) in [5, 5.41) is 4.04. The van der Waals surface area contributed by atoms with Gasteiger partial charge in [-0.1, -0.05) is 32.9 Å². The van der Waals surface area contributed by atoms with Crippen molar-refractivity contribution in [3.05, 3.63) is 24.2 Å². The Morgan fingerprint density at radius 1 is 1.32 bits per heavy atom. The van der Waals surface area contributed by atoms with Crippen molar-refractivity contribution in [2.24, 2.45) is 5.41 Å². The molecule has 0 aliphatic carbocycles. The lowest BCUT2D eigenvalue weighted by atomic mass is 9.84. The minimum atomic E-state index is 0.265. The van der Waals surface area contributed by atoms with Crippen LogP contribution in [0.5, 0.6) is 0 Å². The second-order valence-electron chi connectivity index (χ2n) is 7.20. The van der Waals surface area contributed by atoms with E-state index < -0.39 is 0 Å². The lowest BCUT2D eigenvalue weighted by Gasteiger charge is -2.38. The highest BCUT2D eigenvalue weighted by atomic mass is 16.5. The van der Waals surface area contributed by atoms with Crippen LogP contribution in [0.3, 0.4) is 0 Å². The van der Waals surface area contributed by atoms with Crippen LogP contribution in [0.25, 0.3) is 11.5 Å². The molecule has 0 radical (unpaired) electrons. The largest absolute Gasteiger partial charge is 0.356 e. The van der Waals surface area contributed by atoms with E-state index in [9.17, 15) is 0 Å². The highest BCUT2D eigenvalue weighted by Crippen LogP contribution is 2.32. The molecule has 0 N–H and O–H groups in total. The van der Waals surface area contributed by atoms with Crippen LogP contribution in [0.4, 0.5) is 5.82 Å². The van der Waals surface area contributed by atoms with Crippen LogP contribution in [0.2, 0.25) is 0 Å². The van der Waals surface area contributed by atoms with E-state index >= 15 is 0 Å². The molecule has 3 heterocycles. The minimum Gasteiger partial charge on any atom is -0.356 e. The van der Waals surface area contributed by atoms with E-state index in [1.165, 1.54) is 12.8 Å². The molecule has 2 aromatic heterocycles. The third-order valence-corrected chi connectivity index (χ3v) is 4.18. The Morgan fingerprint density at radius 2 is 2.14 bits per heavy atom. The molecule has 0 atom stereocenters. The molecule has 5 nitrogen and oxygen atoms in total. The number of pyridine rings is 1. The van der Waals surface area contributed by atoms with Crippen molar-refractivity contribution < 1.29 is 4.52 Å². The van der Waals surface area contributed by atoms with E-state index in [-0.39, 0.29) is 5.92 Å². The quantitative estimate of drug-likeness (QED) is 0.861. The van der Waals surface area contributed by atoms with Crippen LogP contribution in [0.15, 0.2) is 22.9 Å². The molecule has 0 unspecified atom stereocenters. The smallest absolute Gasteiger partial charge is 0.258 e. The topological polar surface area (TPSA) is 55.1 Å². The first-order valence-corrected chi connectivity index (χ1v) is 8.00. The van der Waals surface area contributed by atoms with Gasteiger partial charge in [0.25, 0.3) is 5.89 Å². The fourth-order valence-electron chi connectivity index (χ4n) is 2.93. The van der Waals surface area contributed by atoms with Gasteiger partial charge in [-0.05, 0) is 30.4 Å². The molecular weight excluding hydrogens is 276 g/mol. The summed E-state index contributed by atoms with van der Waals surface area (Å²) >= 11 is 0. The zero-order valence-electron chi connectivity index (χ0n) is 13.8. The molecule has 0 saturated carbocycles. The van der Waals surface area contributed by atoms with Gasteiger partial charge in [-0.3, -0.25) is 0 Å². The molecule has 1 aliphatic heterocycles. The maximum Gasteiger partial charge on any atom is 0.258 e. The second kappa shape index (κ2) is 5.71. The van der Waals surface area contributed by atoms with Crippen LogP contribution in [-0.4, -0.2) is 28.2 Å². The first-order valence-electron chi connectivity index (χ1n) is 8.00. The first kappa shape index (κ1) is 15.0. The first-order chi connectivity index (χ1) is 10.4. The van der Waals surface area contributed by atoms with Gasteiger partial charge in [0.1, 0.15) is 5.82 Å². The molecular formula is C17H24N4O. The van der Waals surface area contributed by atoms with Gasteiger partial charge in [-0.2, -0.15) is 4.98 Å². The molecule has 22 heavy (non-hydrogen) atoms. The summed E-state index contributed by atoms with van der Waals surface area (Å²) in [4.78, 5) is 11.4. The Labute approximate surface area is 131 Å². The van der Waals surface area contributed by atoms with Gasteiger partial charge in [0.15, 0.2) is 5.82 Å². The van der Waals surface area contributed by atoms with Crippen molar-refractivity contribution in [2.45, 2.75) is 46.5 Å². The van der Waals surface area contributed by atoms with Crippen molar-refractivity contribution in [1.29, 1.82) is 0 Å². The highest BCUT2D eigenvalue weighted by Gasteiger charge is 2.27. The van der Waals surface area contributed by atoms with Gasteiger partial charge >= 0.3 is 0 Å². The number of piperidine rings is 1. The standard InChI is InChI=1S/C17H24N4O/c1-12(2)15-19-16(22-20-15)13-6-8-18-14(10-13)21-9-5-7-17(3,4)11-21/h6,8,10,12H,5,7,9,11H2,1-4H3. The normalized spacial score (nSPS) is 18.0. The summed E-state index contributed by atoms with van der Waals surface area (Å²) in [5.74, 6) is 2.58. The maximum atomic E-state index is 5.39. The summed E-state index contributed by atoms with van der Waals surface area (Å²) in [6.07, 6.45) is 4.30. The monoisotopic (exact) mass is 300 g/mol. The average Bonchev–Trinajstić information content (AvgIpc) is 2.96.